The van der Waals surface area contributed by atoms with E-state index in [0.29, 0.717) is 5.69 Å². The van der Waals surface area contributed by atoms with E-state index in [1.54, 1.807) is 14.0 Å². The first kappa shape index (κ1) is 16.4. The average Bonchev–Trinajstić information content (AvgIpc) is 2.48. The molecule has 1 aromatic heterocycles. The van der Waals surface area contributed by atoms with Crippen LogP contribution in [0.5, 0.6) is 0 Å². The SMILES string of the molecule is Cc1c(S(=O)(=O)NCC(=O)NC(C)(C)C)c(N)nn1C. The van der Waals surface area contributed by atoms with Gasteiger partial charge in [0.25, 0.3) is 0 Å². The zero-order valence-electron chi connectivity index (χ0n) is 12.3. The number of nitrogens with two attached hydrogens (primary N) is 1. The summed E-state index contributed by atoms with van der Waals surface area (Å²) >= 11 is 0. The van der Waals surface area contributed by atoms with Gasteiger partial charge in [0.15, 0.2) is 5.82 Å². The molecule has 0 radical (unpaired) electrons. The van der Waals surface area contributed by atoms with E-state index >= 15 is 0 Å². The van der Waals surface area contributed by atoms with Crippen molar-refractivity contribution in [1.82, 2.24) is 19.8 Å². The summed E-state index contributed by atoms with van der Waals surface area (Å²) in [5.41, 5.74) is 5.57. The molecule has 1 rings (SSSR count). The molecular weight excluding hydrogens is 282 g/mol. The van der Waals surface area contributed by atoms with Crippen molar-refractivity contribution >= 4 is 21.7 Å². The number of carbonyl (C=O) groups excluding carboxylic acids is 1. The van der Waals surface area contributed by atoms with Gasteiger partial charge in [-0.05, 0) is 27.7 Å². The third-order valence-electron chi connectivity index (χ3n) is 2.51. The topological polar surface area (TPSA) is 119 Å². The molecule has 0 unspecified atom stereocenters. The maximum Gasteiger partial charge on any atom is 0.246 e. The number of carbonyl (C=O) groups is 1. The lowest BCUT2D eigenvalue weighted by Crippen LogP contribution is -2.45. The van der Waals surface area contributed by atoms with Gasteiger partial charge in [0, 0.05) is 12.6 Å². The van der Waals surface area contributed by atoms with E-state index in [0.717, 1.165) is 0 Å². The highest BCUT2D eigenvalue weighted by Crippen LogP contribution is 2.20. The molecular formula is C11H21N5O3S. The van der Waals surface area contributed by atoms with Crippen molar-refractivity contribution in [3.63, 3.8) is 0 Å². The van der Waals surface area contributed by atoms with Crippen LogP contribution in [0.2, 0.25) is 0 Å². The summed E-state index contributed by atoms with van der Waals surface area (Å²) in [5.74, 6) is -0.505. The number of nitrogens with one attached hydrogen (secondary N) is 2. The van der Waals surface area contributed by atoms with Crippen molar-refractivity contribution < 1.29 is 13.2 Å². The van der Waals surface area contributed by atoms with Crippen LogP contribution in [0.25, 0.3) is 0 Å². The number of aromatic nitrogens is 2. The standard InChI is InChI=1S/C11H21N5O3S/c1-7-9(10(12)15-16(7)5)20(18,19)13-6-8(17)14-11(2,3)4/h13H,6H2,1-5H3,(H2,12,15)(H,14,17). The Balaban J connectivity index is 2.84. The fourth-order valence-electron chi connectivity index (χ4n) is 1.64. The van der Waals surface area contributed by atoms with Crippen LogP contribution in [0.15, 0.2) is 4.90 Å². The number of amides is 1. The smallest absolute Gasteiger partial charge is 0.246 e. The minimum absolute atomic E-state index is 0.0891. The molecule has 114 valence electrons. The Morgan fingerprint density at radius 3 is 2.35 bits per heavy atom. The Labute approximate surface area is 118 Å². The molecule has 9 heteroatoms. The third kappa shape index (κ3) is 3.94. The second-order valence-corrected chi connectivity index (χ2v) is 7.25. The van der Waals surface area contributed by atoms with Gasteiger partial charge in [-0.2, -0.15) is 5.10 Å². The molecule has 0 bridgehead atoms. The van der Waals surface area contributed by atoms with E-state index < -0.39 is 21.5 Å². The summed E-state index contributed by atoms with van der Waals surface area (Å²) in [5, 5.41) is 6.50. The minimum Gasteiger partial charge on any atom is -0.381 e. The highest BCUT2D eigenvalue weighted by atomic mass is 32.2. The summed E-state index contributed by atoms with van der Waals surface area (Å²) in [6.07, 6.45) is 0. The van der Waals surface area contributed by atoms with Crippen LogP contribution in [0.3, 0.4) is 0 Å². The maximum absolute atomic E-state index is 12.1. The lowest BCUT2D eigenvalue weighted by molar-refractivity contribution is -0.121. The normalized spacial score (nSPS) is 12.4. The number of hydrogen-bond donors (Lipinski definition) is 3. The molecule has 0 aromatic carbocycles. The molecule has 8 nitrogen and oxygen atoms in total. The summed E-state index contributed by atoms with van der Waals surface area (Å²) in [7, 11) is -2.28. The summed E-state index contributed by atoms with van der Waals surface area (Å²) in [6.45, 7) is 6.66. The molecule has 1 heterocycles. The van der Waals surface area contributed by atoms with Crippen LogP contribution < -0.4 is 15.8 Å². The Hall–Kier alpha value is -1.61. The highest BCUT2D eigenvalue weighted by molar-refractivity contribution is 7.89. The van der Waals surface area contributed by atoms with E-state index in [1.165, 1.54) is 4.68 Å². The third-order valence-corrected chi connectivity index (χ3v) is 4.08. The molecule has 0 aliphatic rings. The van der Waals surface area contributed by atoms with Crippen LogP contribution in [0, 0.1) is 6.92 Å². The van der Waals surface area contributed by atoms with Crippen LogP contribution in [0.4, 0.5) is 5.82 Å². The fourth-order valence-corrected chi connectivity index (χ4v) is 2.94. The second kappa shape index (κ2) is 5.41. The average molecular weight is 303 g/mol. The van der Waals surface area contributed by atoms with Gasteiger partial charge in [-0.15, -0.1) is 0 Å². The van der Waals surface area contributed by atoms with Crippen molar-refractivity contribution in [2.24, 2.45) is 7.05 Å². The number of nitrogens with zero attached hydrogens (tertiary/aromatic N) is 2. The van der Waals surface area contributed by atoms with E-state index in [-0.39, 0.29) is 17.3 Å². The number of rotatable bonds is 4. The van der Waals surface area contributed by atoms with Gasteiger partial charge in [-0.3, -0.25) is 9.48 Å². The quantitative estimate of drug-likeness (QED) is 0.693. The monoisotopic (exact) mass is 303 g/mol. The zero-order valence-corrected chi connectivity index (χ0v) is 13.1. The van der Waals surface area contributed by atoms with Crippen molar-refractivity contribution in [2.75, 3.05) is 12.3 Å². The molecule has 0 atom stereocenters. The van der Waals surface area contributed by atoms with Crippen molar-refractivity contribution in [1.29, 1.82) is 0 Å². The Morgan fingerprint density at radius 1 is 1.40 bits per heavy atom. The van der Waals surface area contributed by atoms with Gasteiger partial charge in [0.2, 0.25) is 15.9 Å². The van der Waals surface area contributed by atoms with Gasteiger partial charge < -0.3 is 11.1 Å². The summed E-state index contributed by atoms with van der Waals surface area (Å²) in [4.78, 5) is 11.5. The molecule has 0 spiro atoms. The number of nitrogen functional groups attached to an aromatic ring is 1. The molecule has 0 saturated heterocycles. The Bertz CT molecular complexity index is 613. The largest absolute Gasteiger partial charge is 0.381 e. The number of sulfonamides is 1. The predicted octanol–water partition coefficient (Wildman–Crippen LogP) is -0.496. The first-order chi connectivity index (χ1) is 8.94. The maximum atomic E-state index is 12.1. The Kier molecular flexibility index (Phi) is 4.45. The molecule has 0 aliphatic heterocycles. The molecule has 0 fully saturated rings. The van der Waals surface area contributed by atoms with Crippen molar-refractivity contribution in [3.8, 4) is 0 Å². The predicted molar refractivity (Wildman–Crippen MR) is 75.4 cm³/mol. The van der Waals surface area contributed by atoms with E-state index in [9.17, 15) is 13.2 Å². The van der Waals surface area contributed by atoms with Crippen molar-refractivity contribution in [2.45, 2.75) is 38.1 Å². The number of anilines is 1. The lowest BCUT2D eigenvalue weighted by Gasteiger charge is -2.20. The minimum atomic E-state index is -3.87. The van der Waals surface area contributed by atoms with Crippen LogP contribution in [-0.4, -0.2) is 36.2 Å². The number of aryl methyl sites for hydroxylation is 1. The lowest BCUT2D eigenvalue weighted by atomic mass is 10.1. The van der Waals surface area contributed by atoms with Gasteiger partial charge in [0.1, 0.15) is 4.90 Å². The summed E-state index contributed by atoms with van der Waals surface area (Å²) in [6, 6.07) is 0. The molecule has 0 aliphatic carbocycles. The molecule has 4 N–H and O–H groups in total. The van der Waals surface area contributed by atoms with Gasteiger partial charge >= 0.3 is 0 Å². The molecule has 1 aromatic rings. The fraction of sp³-hybridized carbons (Fsp3) is 0.636. The summed E-state index contributed by atoms with van der Waals surface area (Å²) < 4.78 is 27.9. The van der Waals surface area contributed by atoms with Gasteiger partial charge in [0.05, 0.1) is 12.2 Å². The second-order valence-electron chi connectivity index (χ2n) is 5.55. The van der Waals surface area contributed by atoms with Crippen molar-refractivity contribution in [3.05, 3.63) is 5.69 Å². The van der Waals surface area contributed by atoms with E-state index in [1.807, 2.05) is 20.8 Å². The number of hydrogen-bond acceptors (Lipinski definition) is 5. The first-order valence-electron chi connectivity index (χ1n) is 6.04. The van der Waals surface area contributed by atoms with Crippen LogP contribution in [0.1, 0.15) is 26.5 Å². The van der Waals surface area contributed by atoms with E-state index in [2.05, 4.69) is 15.1 Å². The Morgan fingerprint density at radius 2 is 1.95 bits per heavy atom. The van der Waals surface area contributed by atoms with Crippen LogP contribution >= 0.6 is 0 Å². The molecule has 1 amide bonds. The molecule has 20 heavy (non-hydrogen) atoms. The van der Waals surface area contributed by atoms with Gasteiger partial charge in [-0.1, -0.05) is 0 Å². The highest BCUT2D eigenvalue weighted by Gasteiger charge is 2.25. The first-order valence-corrected chi connectivity index (χ1v) is 7.52. The molecule has 0 saturated carbocycles. The van der Waals surface area contributed by atoms with Gasteiger partial charge in [-0.25, -0.2) is 13.1 Å². The van der Waals surface area contributed by atoms with Crippen LogP contribution in [-0.2, 0) is 21.9 Å². The van der Waals surface area contributed by atoms with E-state index in [4.69, 9.17) is 5.73 Å². The zero-order chi connectivity index (χ0) is 15.7.